The van der Waals surface area contributed by atoms with Crippen LogP contribution >= 0.6 is 0 Å². The largest absolute Gasteiger partial charge is 0.363 e. The van der Waals surface area contributed by atoms with Crippen molar-refractivity contribution in [2.75, 3.05) is 11.9 Å². The van der Waals surface area contributed by atoms with E-state index in [9.17, 15) is 0 Å². The molecular formula is C21H21N7. The summed E-state index contributed by atoms with van der Waals surface area (Å²) in [4.78, 5) is 15.3. The summed E-state index contributed by atoms with van der Waals surface area (Å²) in [5, 5.41) is 9.23. The molecule has 5 rings (SSSR count). The van der Waals surface area contributed by atoms with Crippen LogP contribution in [0, 0.1) is 0 Å². The Morgan fingerprint density at radius 3 is 2.89 bits per heavy atom. The Morgan fingerprint density at radius 2 is 1.96 bits per heavy atom. The lowest BCUT2D eigenvalue weighted by molar-refractivity contribution is 0.206. The highest BCUT2D eigenvalue weighted by molar-refractivity contribution is 5.81. The van der Waals surface area contributed by atoms with Gasteiger partial charge in [-0.25, -0.2) is 4.98 Å². The highest BCUT2D eigenvalue weighted by Gasteiger charge is 2.19. The van der Waals surface area contributed by atoms with Crippen LogP contribution in [0.2, 0.25) is 0 Å². The van der Waals surface area contributed by atoms with Gasteiger partial charge in [-0.3, -0.25) is 19.5 Å². The van der Waals surface area contributed by atoms with E-state index in [1.165, 1.54) is 16.6 Å². The maximum atomic E-state index is 4.73. The third-order valence-electron chi connectivity index (χ3n) is 5.07. The molecule has 0 spiro atoms. The molecule has 4 aromatic rings. The van der Waals surface area contributed by atoms with Gasteiger partial charge in [-0.05, 0) is 23.8 Å². The molecule has 7 heteroatoms. The van der Waals surface area contributed by atoms with Crippen LogP contribution in [0.25, 0.3) is 10.9 Å². The molecule has 0 unspecified atom stereocenters. The topological polar surface area (TPSA) is 71.8 Å². The van der Waals surface area contributed by atoms with E-state index in [0.717, 1.165) is 43.2 Å². The van der Waals surface area contributed by atoms with Gasteiger partial charge in [-0.15, -0.1) is 0 Å². The van der Waals surface area contributed by atoms with E-state index in [0.29, 0.717) is 6.54 Å². The molecule has 0 amide bonds. The molecule has 7 nitrogen and oxygen atoms in total. The summed E-state index contributed by atoms with van der Waals surface area (Å²) in [5.41, 5.74) is 4.65. The van der Waals surface area contributed by atoms with Gasteiger partial charge < -0.3 is 5.32 Å². The predicted molar refractivity (Wildman–Crippen MR) is 107 cm³/mol. The first kappa shape index (κ1) is 16.8. The van der Waals surface area contributed by atoms with E-state index in [1.807, 2.05) is 12.3 Å². The van der Waals surface area contributed by atoms with Crippen LogP contribution in [0.1, 0.15) is 17.0 Å². The maximum Gasteiger partial charge on any atom is 0.144 e. The van der Waals surface area contributed by atoms with Crippen LogP contribution in [0.5, 0.6) is 0 Å². The van der Waals surface area contributed by atoms with Crippen LogP contribution in [-0.4, -0.2) is 36.2 Å². The monoisotopic (exact) mass is 371 g/mol. The van der Waals surface area contributed by atoms with Gasteiger partial charge in [0, 0.05) is 43.6 Å². The third-order valence-corrected chi connectivity index (χ3v) is 5.07. The van der Waals surface area contributed by atoms with Gasteiger partial charge in [0.2, 0.25) is 0 Å². The van der Waals surface area contributed by atoms with Crippen molar-refractivity contribution in [2.24, 2.45) is 0 Å². The normalized spacial score (nSPS) is 14.1. The molecule has 0 fully saturated rings. The number of aromatic nitrogens is 5. The molecule has 0 radical (unpaired) electrons. The van der Waals surface area contributed by atoms with Gasteiger partial charge in [0.15, 0.2) is 0 Å². The minimum Gasteiger partial charge on any atom is -0.363 e. The zero-order valence-electron chi connectivity index (χ0n) is 15.5. The van der Waals surface area contributed by atoms with Crippen LogP contribution in [0.15, 0.2) is 61.2 Å². The van der Waals surface area contributed by atoms with E-state index in [2.05, 4.69) is 60.2 Å². The van der Waals surface area contributed by atoms with E-state index in [4.69, 9.17) is 5.10 Å². The highest BCUT2D eigenvalue weighted by atomic mass is 15.3. The summed E-state index contributed by atoms with van der Waals surface area (Å²) in [7, 11) is 0. The van der Waals surface area contributed by atoms with Gasteiger partial charge in [0.05, 0.1) is 36.2 Å². The minimum absolute atomic E-state index is 0.647. The molecular weight excluding hydrogens is 350 g/mol. The number of anilines is 1. The summed E-state index contributed by atoms with van der Waals surface area (Å²) < 4.78 is 2.12. The van der Waals surface area contributed by atoms with E-state index < -0.39 is 0 Å². The van der Waals surface area contributed by atoms with Gasteiger partial charge in [-0.2, -0.15) is 5.10 Å². The van der Waals surface area contributed by atoms with Crippen molar-refractivity contribution >= 4 is 16.7 Å². The lowest BCUT2D eigenvalue weighted by Gasteiger charge is -2.27. The summed E-state index contributed by atoms with van der Waals surface area (Å²) >= 11 is 0. The summed E-state index contributed by atoms with van der Waals surface area (Å²) in [6, 6.07) is 12.7. The average molecular weight is 371 g/mol. The molecule has 0 aliphatic carbocycles. The van der Waals surface area contributed by atoms with Gasteiger partial charge in [0.25, 0.3) is 0 Å². The Hall–Kier alpha value is -3.32. The predicted octanol–water partition coefficient (Wildman–Crippen LogP) is 2.85. The second-order valence-corrected chi connectivity index (χ2v) is 6.99. The van der Waals surface area contributed by atoms with Crippen molar-refractivity contribution in [2.45, 2.75) is 26.2 Å². The van der Waals surface area contributed by atoms with E-state index in [-0.39, 0.29) is 0 Å². The Labute approximate surface area is 163 Å². The van der Waals surface area contributed by atoms with Gasteiger partial charge in [-0.1, -0.05) is 18.2 Å². The number of para-hydroxylation sites is 1. The fourth-order valence-electron chi connectivity index (χ4n) is 3.71. The molecule has 0 saturated carbocycles. The van der Waals surface area contributed by atoms with E-state index >= 15 is 0 Å². The number of hydrogen-bond acceptors (Lipinski definition) is 6. The van der Waals surface area contributed by atoms with Crippen molar-refractivity contribution < 1.29 is 0 Å². The Morgan fingerprint density at radius 1 is 1.00 bits per heavy atom. The van der Waals surface area contributed by atoms with Crippen molar-refractivity contribution in [1.82, 2.24) is 29.6 Å². The first-order valence-corrected chi connectivity index (χ1v) is 9.46. The lowest BCUT2D eigenvalue weighted by Crippen LogP contribution is -2.33. The molecule has 1 aliphatic heterocycles. The molecule has 4 heterocycles. The first-order chi connectivity index (χ1) is 13.8. The van der Waals surface area contributed by atoms with Crippen LogP contribution in [-0.2, 0) is 26.2 Å². The van der Waals surface area contributed by atoms with E-state index in [1.54, 1.807) is 18.6 Å². The minimum atomic E-state index is 0.647. The fourth-order valence-corrected chi connectivity index (χ4v) is 3.71. The zero-order chi connectivity index (χ0) is 18.8. The third kappa shape index (κ3) is 3.44. The Kier molecular flexibility index (Phi) is 4.42. The van der Waals surface area contributed by atoms with Crippen molar-refractivity contribution in [3.8, 4) is 0 Å². The summed E-state index contributed by atoms with van der Waals surface area (Å²) in [5.74, 6) is 0.764. The molecule has 3 aromatic heterocycles. The first-order valence-electron chi connectivity index (χ1n) is 9.46. The quantitative estimate of drug-likeness (QED) is 0.582. The number of pyridine rings is 1. The Balaban J connectivity index is 1.28. The molecule has 1 N–H and O–H groups in total. The zero-order valence-corrected chi connectivity index (χ0v) is 15.5. The van der Waals surface area contributed by atoms with Gasteiger partial charge >= 0.3 is 0 Å². The summed E-state index contributed by atoms with van der Waals surface area (Å²) in [6.45, 7) is 4.36. The molecule has 0 saturated heterocycles. The van der Waals surface area contributed by atoms with Crippen LogP contribution in [0.3, 0.4) is 0 Å². The molecule has 140 valence electrons. The van der Waals surface area contributed by atoms with Crippen LogP contribution < -0.4 is 5.32 Å². The van der Waals surface area contributed by atoms with Crippen molar-refractivity contribution in [3.05, 3.63) is 78.1 Å². The molecule has 0 bridgehead atoms. The van der Waals surface area contributed by atoms with Crippen molar-refractivity contribution in [1.29, 1.82) is 0 Å². The van der Waals surface area contributed by atoms with Gasteiger partial charge in [0.1, 0.15) is 5.82 Å². The maximum absolute atomic E-state index is 4.73. The smallest absolute Gasteiger partial charge is 0.144 e. The SMILES string of the molecule is c1ccc2c(CN3CCn4nc(CNc5cnccn5)cc4C3)ccnc2c1. The second-order valence-electron chi connectivity index (χ2n) is 6.99. The number of rotatable bonds is 5. The standard InChI is InChI=1S/C21H21N7/c1-2-4-20-19(3-1)16(5-6-23-20)14-27-9-10-28-18(15-27)11-17(26-28)12-25-21-13-22-7-8-24-21/h1-8,11,13H,9-10,12,14-15H2,(H,24,25). The number of fused-ring (bicyclic) bond motifs is 2. The second kappa shape index (κ2) is 7.36. The summed E-state index contributed by atoms with van der Waals surface area (Å²) in [6.07, 6.45) is 6.97. The number of nitrogens with one attached hydrogen (secondary N) is 1. The van der Waals surface area contributed by atoms with Crippen LogP contribution in [0.4, 0.5) is 5.82 Å². The highest BCUT2D eigenvalue weighted by Crippen LogP contribution is 2.21. The number of benzene rings is 1. The fraction of sp³-hybridized carbons (Fsp3) is 0.238. The average Bonchev–Trinajstić information content (AvgIpc) is 3.16. The molecule has 0 atom stereocenters. The molecule has 28 heavy (non-hydrogen) atoms. The number of hydrogen-bond donors (Lipinski definition) is 1. The number of nitrogens with zero attached hydrogens (tertiary/aromatic N) is 6. The Bertz CT molecular complexity index is 1090. The lowest BCUT2D eigenvalue weighted by atomic mass is 10.1. The van der Waals surface area contributed by atoms with Crippen molar-refractivity contribution in [3.63, 3.8) is 0 Å². The molecule has 1 aromatic carbocycles. The molecule has 1 aliphatic rings.